The minimum absolute atomic E-state index is 0.109. The number of ether oxygens (including phenoxy) is 4. The van der Waals surface area contributed by atoms with Crippen LogP contribution in [0.15, 0.2) is 0 Å². The first-order valence-corrected chi connectivity index (χ1v) is 46.3. The molecule has 102 heavy (non-hydrogen) atoms. The molecule has 606 valence electrons. The summed E-state index contributed by atoms with van der Waals surface area (Å²) in [6.07, 6.45) is 70.7. The van der Waals surface area contributed by atoms with Gasteiger partial charge in [0.25, 0.3) is 0 Å². The van der Waals surface area contributed by atoms with E-state index in [0.717, 1.165) is 89.9 Å². The number of unbranched alkanes of at least 4 members (excludes halogenated alkanes) is 58. The van der Waals surface area contributed by atoms with Crippen LogP contribution in [0.25, 0.3) is 0 Å². The molecule has 0 bridgehead atoms. The molecule has 3 N–H and O–H groups in total. The number of rotatable bonds is 84. The van der Waals surface area contributed by atoms with Gasteiger partial charge in [0.2, 0.25) is 0 Å². The Morgan fingerprint density at radius 1 is 0.235 bits per heavy atom. The predicted octanol–water partition coefficient (Wildman–Crippen LogP) is 25.4. The summed E-state index contributed by atoms with van der Waals surface area (Å²) in [5.41, 5.74) is 0. The van der Waals surface area contributed by atoms with E-state index in [0.29, 0.717) is 25.7 Å². The summed E-state index contributed by atoms with van der Waals surface area (Å²) >= 11 is 0. The van der Waals surface area contributed by atoms with Crippen LogP contribution in [0.1, 0.15) is 451 Å². The molecule has 0 spiro atoms. The van der Waals surface area contributed by atoms with E-state index in [2.05, 4.69) is 27.7 Å². The van der Waals surface area contributed by atoms with Gasteiger partial charge in [-0.25, -0.2) is 9.13 Å². The Kier molecular flexibility index (Phi) is 75.8. The molecule has 2 unspecified atom stereocenters. The first-order valence-electron chi connectivity index (χ1n) is 43.3. The van der Waals surface area contributed by atoms with Crippen molar-refractivity contribution in [2.24, 2.45) is 0 Å². The van der Waals surface area contributed by atoms with Gasteiger partial charge in [-0.3, -0.25) is 37.3 Å². The molecule has 19 heteroatoms. The third-order valence-corrected chi connectivity index (χ3v) is 21.5. The third-order valence-electron chi connectivity index (χ3n) is 19.6. The van der Waals surface area contributed by atoms with Gasteiger partial charge in [0.15, 0.2) is 12.2 Å². The molecule has 5 atom stereocenters. The molecule has 0 fully saturated rings. The van der Waals surface area contributed by atoms with Crippen LogP contribution in [-0.2, 0) is 65.4 Å². The lowest BCUT2D eigenvalue weighted by atomic mass is 10.0. The summed E-state index contributed by atoms with van der Waals surface area (Å²) in [5.74, 6) is -2.10. The zero-order valence-corrected chi connectivity index (χ0v) is 68.4. The van der Waals surface area contributed by atoms with Crippen LogP contribution in [0.4, 0.5) is 0 Å². The van der Waals surface area contributed by atoms with Gasteiger partial charge < -0.3 is 33.8 Å². The number of hydrogen-bond acceptors (Lipinski definition) is 15. The standard InChI is InChI=1S/C83H162O17P2/c1-5-9-13-17-21-25-29-33-35-37-38-39-40-41-43-46-50-54-58-62-66-70-83(88)100-79(74-94-81(86)68-64-60-56-52-48-45-42-36-34-30-26-22-18-14-10-6-2)76-98-102(91,92)96-72-77(84)71-95-101(89,90)97-75-78(73-93-80(85)67-63-59-55-51-47-32-28-24-20-16-12-8-4)99-82(87)69-65-61-57-53-49-44-31-27-23-19-15-11-7-3/h77-79,84H,5-76H2,1-4H3,(H,89,90)(H,91,92)/t77-,78+,79+/m0/s1. The van der Waals surface area contributed by atoms with Gasteiger partial charge in [0, 0.05) is 25.7 Å². The Labute approximate surface area is 626 Å². The summed E-state index contributed by atoms with van der Waals surface area (Å²) in [4.78, 5) is 73.1. The van der Waals surface area contributed by atoms with E-state index in [1.807, 2.05) is 0 Å². The Hall–Kier alpha value is -1.94. The fourth-order valence-electron chi connectivity index (χ4n) is 13.0. The van der Waals surface area contributed by atoms with Crippen molar-refractivity contribution in [2.75, 3.05) is 39.6 Å². The molecular formula is C83H162O17P2. The zero-order valence-electron chi connectivity index (χ0n) is 66.6. The smallest absolute Gasteiger partial charge is 0.462 e. The summed E-state index contributed by atoms with van der Waals surface area (Å²) in [6.45, 7) is 5.04. The fraction of sp³-hybridized carbons (Fsp3) is 0.952. The number of phosphoric acid groups is 2. The van der Waals surface area contributed by atoms with Crippen molar-refractivity contribution in [2.45, 2.75) is 470 Å². The van der Waals surface area contributed by atoms with Crippen molar-refractivity contribution >= 4 is 39.5 Å². The van der Waals surface area contributed by atoms with E-state index in [9.17, 15) is 43.2 Å². The second kappa shape index (κ2) is 77.2. The summed E-state index contributed by atoms with van der Waals surface area (Å²) in [5, 5.41) is 10.7. The number of phosphoric ester groups is 2. The molecule has 0 saturated carbocycles. The van der Waals surface area contributed by atoms with E-state index in [4.69, 9.17) is 37.0 Å². The van der Waals surface area contributed by atoms with Crippen molar-refractivity contribution < 1.29 is 80.2 Å². The first kappa shape index (κ1) is 100. The molecular weight excluding hydrogens is 1330 g/mol. The molecule has 0 saturated heterocycles. The van der Waals surface area contributed by atoms with Crippen LogP contribution in [0.2, 0.25) is 0 Å². The van der Waals surface area contributed by atoms with Gasteiger partial charge in [-0.05, 0) is 25.7 Å². The van der Waals surface area contributed by atoms with Gasteiger partial charge in [-0.1, -0.05) is 400 Å². The second-order valence-electron chi connectivity index (χ2n) is 29.9. The Balaban J connectivity index is 5.23. The largest absolute Gasteiger partial charge is 0.472 e. The number of hydrogen-bond donors (Lipinski definition) is 3. The molecule has 17 nitrogen and oxygen atoms in total. The molecule has 0 amide bonds. The van der Waals surface area contributed by atoms with Crippen molar-refractivity contribution in [1.29, 1.82) is 0 Å². The molecule has 0 aliphatic rings. The maximum Gasteiger partial charge on any atom is 0.472 e. The quantitative estimate of drug-likeness (QED) is 0.0222. The van der Waals surface area contributed by atoms with E-state index >= 15 is 0 Å². The molecule has 0 heterocycles. The van der Waals surface area contributed by atoms with E-state index in [1.54, 1.807) is 0 Å². The average Bonchev–Trinajstić information content (AvgIpc) is 0.907. The normalized spacial score (nSPS) is 13.8. The SMILES string of the molecule is CCCCCCCCCCCCCCCCCCCCCCCC(=O)O[C@H](COC(=O)CCCCCCCCCCCCCCCCCC)COP(=O)(O)OC[C@@H](O)COP(=O)(O)OC[C@@H](COC(=O)CCCCCCCCCCCCCC)OC(=O)CCCCCCCCCCCCCCC. The molecule has 0 aliphatic carbocycles. The van der Waals surface area contributed by atoms with Crippen LogP contribution in [0, 0.1) is 0 Å². The topological polar surface area (TPSA) is 237 Å². The second-order valence-corrected chi connectivity index (χ2v) is 32.8. The maximum absolute atomic E-state index is 13.1. The van der Waals surface area contributed by atoms with Crippen molar-refractivity contribution in [3.63, 3.8) is 0 Å². The van der Waals surface area contributed by atoms with Crippen molar-refractivity contribution in [3.8, 4) is 0 Å². The number of carbonyl (C=O) groups is 4. The van der Waals surface area contributed by atoms with Gasteiger partial charge in [-0.15, -0.1) is 0 Å². The fourth-order valence-corrected chi connectivity index (χ4v) is 14.6. The summed E-state index contributed by atoms with van der Waals surface area (Å²) < 4.78 is 68.8. The van der Waals surface area contributed by atoms with Crippen molar-refractivity contribution in [1.82, 2.24) is 0 Å². The minimum Gasteiger partial charge on any atom is -0.462 e. The number of carbonyl (C=O) groups excluding carboxylic acids is 4. The highest BCUT2D eigenvalue weighted by molar-refractivity contribution is 7.47. The maximum atomic E-state index is 13.1. The lowest BCUT2D eigenvalue weighted by molar-refractivity contribution is -0.161. The lowest BCUT2D eigenvalue weighted by Crippen LogP contribution is -2.30. The van der Waals surface area contributed by atoms with E-state index in [-0.39, 0.29) is 25.7 Å². The number of esters is 4. The Morgan fingerprint density at radius 3 is 0.578 bits per heavy atom. The molecule has 0 radical (unpaired) electrons. The van der Waals surface area contributed by atoms with Crippen LogP contribution in [-0.4, -0.2) is 96.7 Å². The Bertz CT molecular complexity index is 1930. The van der Waals surface area contributed by atoms with Crippen LogP contribution < -0.4 is 0 Å². The van der Waals surface area contributed by atoms with Crippen molar-refractivity contribution in [3.05, 3.63) is 0 Å². The van der Waals surface area contributed by atoms with E-state index in [1.165, 1.54) is 283 Å². The van der Waals surface area contributed by atoms with Crippen LogP contribution >= 0.6 is 15.6 Å². The predicted molar refractivity (Wildman–Crippen MR) is 419 cm³/mol. The average molecular weight is 1490 g/mol. The molecule has 0 aromatic carbocycles. The third kappa shape index (κ3) is 76.3. The highest BCUT2D eigenvalue weighted by Gasteiger charge is 2.30. The van der Waals surface area contributed by atoms with Gasteiger partial charge in [0.1, 0.15) is 19.3 Å². The number of aliphatic hydroxyl groups is 1. The summed E-state index contributed by atoms with van der Waals surface area (Å²) in [6, 6.07) is 0. The monoisotopic (exact) mass is 1490 g/mol. The van der Waals surface area contributed by atoms with Gasteiger partial charge in [0.05, 0.1) is 26.4 Å². The molecule has 0 aromatic heterocycles. The highest BCUT2D eigenvalue weighted by Crippen LogP contribution is 2.45. The molecule has 0 aromatic rings. The first-order chi connectivity index (χ1) is 49.7. The highest BCUT2D eigenvalue weighted by atomic mass is 31.2. The molecule has 0 aliphatic heterocycles. The minimum atomic E-state index is -4.96. The van der Waals surface area contributed by atoms with Gasteiger partial charge >= 0.3 is 39.5 Å². The zero-order chi connectivity index (χ0) is 74.6. The molecule has 0 rings (SSSR count). The van der Waals surface area contributed by atoms with Crippen LogP contribution in [0.5, 0.6) is 0 Å². The van der Waals surface area contributed by atoms with Gasteiger partial charge in [-0.2, -0.15) is 0 Å². The van der Waals surface area contributed by atoms with E-state index < -0.39 is 97.5 Å². The lowest BCUT2D eigenvalue weighted by Gasteiger charge is -2.21. The Morgan fingerprint density at radius 2 is 0.392 bits per heavy atom. The summed E-state index contributed by atoms with van der Waals surface area (Å²) in [7, 11) is -9.92. The van der Waals surface area contributed by atoms with Crippen LogP contribution in [0.3, 0.4) is 0 Å². The number of aliphatic hydroxyl groups excluding tert-OH is 1.